The van der Waals surface area contributed by atoms with Gasteiger partial charge in [-0.15, -0.1) is 0 Å². The molecule has 0 radical (unpaired) electrons. The van der Waals surface area contributed by atoms with Gasteiger partial charge in [0.1, 0.15) is 11.8 Å². The molecule has 0 aromatic heterocycles. The largest absolute Gasteiger partial charge is 0.480 e. The summed E-state index contributed by atoms with van der Waals surface area (Å²) in [4.78, 5) is 10.8. The topological polar surface area (TPSA) is 114 Å². The molecule has 0 saturated heterocycles. The van der Waals surface area contributed by atoms with Crippen molar-refractivity contribution in [3.05, 3.63) is 29.8 Å². The highest BCUT2D eigenvalue weighted by atomic mass is 31.2. The number of hydrogen-bond donors (Lipinski definition) is 4. The summed E-state index contributed by atoms with van der Waals surface area (Å²) in [6.07, 6.45) is 0.224. The van der Waals surface area contributed by atoms with Gasteiger partial charge in [0.05, 0.1) is 0 Å². The Morgan fingerprint density at radius 3 is 2.04 bits per heavy atom. The normalized spacial score (nSPS) is 13.3. The molecule has 5 N–H and O–H groups in total. The number of hydrogen-bond acceptors (Lipinski definition) is 4. The number of nitrogens with one attached hydrogen (secondary N) is 2. The fourth-order valence-electron chi connectivity index (χ4n) is 1.95. The summed E-state index contributed by atoms with van der Waals surface area (Å²) in [5.41, 5.74) is 6.28. The molecule has 0 heterocycles. The smallest absolute Gasteiger partial charge is 0.390 e. The van der Waals surface area contributed by atoms with Crippen LogP contribution in [0.15, 0.2) is 24.3 Å². The molecule has 0 aliphatic carbocycles. The molecule has 7 nitrogen and oxygen atoms in total. The van der Waals surface area contributed by atoms with E-state index in [2.05, 4.69) is 10.2 Å². The number of carbonyl (C=O) groups is 1. The third kappa shape index (κ3) is 7.14. The number of benzene rings is 1. The lowest BCUT2D eigenvalue weighted by Gasteiger charge is -2.25. The van der Waals surface area contributed by atoms with E-state index in [1.807, 2.05) is 27.7 Å². The van der Waals surface area contributed by atoms with Gasteiger partial charge in [0.15, 0.2) is 0 Å². The van der Waals surface area contributed by atoms with Crippen molar-refractivity contribution in [1.82, 2.24) is 10.2 Å². The van der Waals surface area contributed by atoms with Crippen LogP contribution < -0.4 is 20.4 Å². The zero-order chi connectivity index (χ0) is 17.6. The first-order valence-corrected chi connectivity index (χ1v) is 9.16. The van der Waals surface area contributed by atoms with Crippen molar-refractivity contribution in [3.63, 3.8) is 0 Å². The highest BCUT2D eigenvalue weighted by molar-refractivity contribution is 7.55. The summed E-state index contributed by atoms with van der Waals surface area (Å²) in [6.45, 7) is 7.53. The lowest BCUT2D eigenvalue weighted by atomic mass is 10.1. The molecule has 1 aromatic carbocycles. The third-order valence-corrected chi connectivity index (χ3v) is 4.97. The van der Waals surface area contributed by atoms with E-state index in [9.17, 15) is 9.36 Å². The summed E-state index contributed by atoms with van der Waals surface area (Å²) in [6, 6.07) is 5.76. The van der Waals surface area contributed by atoms with Gasteiger partial charge in [-0.25, -0.2) is 14.7 Å². The molecule has 8 heteroatoms. The predicted molar refractivity (Wildman–Crippen MR) is 90.5 cm³/mol. The maximum absolute atomic E-state index is 12.8. The fourth-order valence-corrected chi connectivity index (χ4v) is 3.90. The average Bonchev–Trinajstić information content (AvgIpc) is 2.38. The molecule has 1 rings (SSSR count). The van der Waals surface area contributed by atoms with Crippen LogP contribution in [-0.4, -0.2) is 29.2 Å². The summed E-state index contributed by atoms with van der Waals surface area (Å²) < 4.78 is 18.4. The van der Waals surface area contributed by atoms with Crippen LogP contribution in [0.4, 0.5) is 0 Å². The minimum atomic E-state index is -3.23. The molecule has 0 amide bonds. The van der Waals surface area contributed by atoms with Crippen molar-refractivity contribution in [2.45, 2.75) is 52.2 Å². The maximum Gasteiger partial charge on any atom is 0.390 e. The summed E-state index contributed by atoms with van der Waals surface area (Å²) in [5.74, 6) is -0.612. The second-order valence-electron chi connectivity index (χ2n) is 6.00. The van der Waals surface area contributed by atoms with Crippen LogP contribution in [0.2, 0.25) is 0 Å². The second-order valence-corrected chi connectivity index (χ2v) is 7.81. The zero-order valence-electron chi connectivity index (χ0n) is 13.9. The molecule has 0 spiro atoms. The number of carboxylic acid groups (broad SMARTS) is 1. The maximum atomic E-state index is 12.8. The zero-order valence-corrected chi connectivity index (χ0v) is 14.8. The van der Waals surface area contributed by atoms with Crippen molar-refractivity contribution in [1.29, 1.82) is 0 Å². The first-order valence-electron chi connectivity index (χ1n) is 7.54. The van der Waals surface area contributed by atoms with E-state index in [-0.39, 0.29) is 18.5 Å². The van der Waals surface area contributed by atoms with Gasteiger partial charge in [0, 0.05) is 12.1 Å². The second kappa shape index (κ2) is 8.45. The quantitative estimate of drug-likeness (QED) is 0.508. The average molecular weight is 343 g/mol. The van der Waals surface area contributed by atoms with E-state index in [0.717, 1.165) is 5.56 Å². The summed E-state index contributed by atoms with van der Waals surface area (Å²) in [5, 5.41) is 14.7. The Kier molecular flexibility index (Phi) is 7.22. The highest BCUT2D eigenvalue weighted by Gasteiger charge is 2.26. The van der Waals surface area contributed by atoms with Crippen molar-refractivity contribution >= 4 is 13.6 Å². The molecular formula is C15H26N3O4P. The minimum absolute atomic E-state index is 0.0140. The Morgan fingerprint density at radius 2 is 1.65 bits per heavy atom. The van der Waals surface area contributed by atoms with Crippen LogP contribution in [0.25, 0.3) is 0 Å². The lowest BCUT2D eigenvalue weighted by Crippen LogP contribution is -2.34. The monoisotopic (exact) mass is 343 g/mol. The molecule has 0 unspecified atom stereocenters. The van der Waals surface area contributed by atoms with E-state index in [0.29, 0.717) is 5.75 Å². The first-order chi connectivity index (χ1) is 10.6. The van der Waals surface area contributed by atoms with Crippen LogP contribution in [0.1, 0.15) is 33.3 Å². The van der Waals surface area contributed by atoms with Crippen LogP contribution in [-0.2, 0) is 15.8 Å². The van der Waals surface area contributed by atoms with Crippen molar-refractivity contribution in [2.24, 2.45) is 5.73 Å². The molecule has 0 fully saturated rings. The molecule has 1 atom stereocenters. The molecule has 1 aromatic rings. The van der Waals surface area contributed by atoms with Gasteiger partial charge < -0.3 is 15.4 Å². The van der Waals surface area contributed by atoms with Gasteiger partial charge in [0.25, 0.3) is 0 Å². The van der Waals surface area contributed by atoms with Crippen molar-refractivity contribution in [2.75, 3.05) is 0 Å². The van der Waals surface area contributed by atoms with E-state index >= 15 is 0 Å². The Morgan fingerprint density at radius 1 is 1.17 bits per heavy atom. The van der Waals surface area contributed by atoms with Crippen LogP contribution >= 0.6 is 7.67 Å². The Bertz CT molecular complexity index is 546. The van der Waals surface area contributed by atoms with Gasteiger partial charge in [-0.05, 0) is 51.8 Å². The Labute approximate surface area is 137 Å². The van der Waals surface area contributed by atoms with Gasteiger partial charge >= 0.3 is 13.6 Å². The fraction of sp³-hybridized carbons (Fsp3) is 0.533. The molecule has 0 bridgehead atoms. The van der Waals surface area contributed by atoms with Crippen LogP contribution in [0.5, 0.6) is 5.75 Å². The molecular weight excluding hydrogens is 317 g/mol. The van der Waals surface area contributed by atoms with Crippen LogP contribution in [0.3, 0.4) is 0 Å². The number of aliphatic carboxylic acids is 1. The molecule has 23 heavy (non-hydrogen) atoms. The van der Waals surface area contributed by atoms with Crippen molar-refractivity contribution in [3.8, 4) is 5.75 Å². The summed E-state index contributed by atoms with van der Waals surface area (Å²) >= 11 is 0. The third-order valence-electron chi connectivity index (χ3n) is 2.79. The van der Waals surface area contributed by atoms with E-state index in [1.54, 1.807) is 24.3 Å². The predicted octanol–water partition coefficient (Wildman–Crippen LogP) is 2.12. The Hall–Kier alpha value is -1.40. The van der Waals surface area contributed by atoms with Gasteiger partial charge in [0.2, 0.25) is 0 Å². The van der Waals surface area contributed by atoms with E-state index in [4.69, 9.17) is 15.4 Å². The lowest BCUT2D eigenvalue weighted by molar-refractivity contribution is -0.138. The summed E-state index contributed by atoms with van der Waals surface area (Å²) in [7, 11) is -3.23. The standard InChI is InChI=1S/C15H26N3O4P/c1-10(2)17-23(21,18-11(3)4)22-13-7-5-12(6-8-13)9-14(16)15(19)20/h5-8,10-11,14H,9,16H2,1-4H3,(H,19,20)(H2,17,18,21)/t14-/m0/s1. The molecule has 130 valence electrons. The minimum Gasteiger partial charge on any atom is -0.480 e. The number of nitrogens with two attached hydrogens (primary N) is 1. The highest BCUT2D eigenvalue weighted by Crippen LogP contribution is 2.40. The molecule has 0 aliphatic rings. The van der Waals surface area contributed by atoms with E-state index in [1.165, 1.54) is 0 Å². The molecule has 0 saturated carbocycles. The number of carboxylic acids is 1. The van der Waals surface area contributed by atoms with Gasteiger partial charge in [-0.3, -0.25) is 4.79 Å². The van der Waals surface area contributed by atoms with Gasteiger partial charge in [-0.2, -0.15) is 0 Å². The van der Waals surface area contributed by atoms with Gasteiger partial charge in [-0.1, -0.05) is 12.1 Å². The first kappa shape index (κ1) is 19.6. The molecule has 0 aliphatic heterocycles. The van der Waals surface area contributed by atoms with E-state index < -0.39 is 19.7 Å². The number of rotatable bonds is 9. The van der Waals surface area contributed by atoms with Crippen molar-refractivity contribution < 1.29 is 19.0 Å². The SMILES string of the molecule is CC(C)NP(=O)(NC(C)C)Oc1ccc(C[C@H](N)C(=O)O)cc1. The Balaban J connectivity index is 2.81. The van der Waals surface area contributed by atoms with Crippen LogP contribution in [0, 0.1) is 0 Å².